The van der Waals surface area contributed by atoms with Crippen molar-refractivity contribution in [2.45, 2.75) is 51.0 Å². The zero-order valence-corrected chi connectivity index (χ0v) is 17.8. The first-order valence-electron chi connectivity index (χ1n) is 11.1. The van der Waals surface area contributed by atoms with Gasteiger partial charge in [-0.25, -0.2) is 0 Å². The van der Waals surface area contributed by atoms with Crippen molar-refractivity contribution < 1.29 is 14.6 Å². The molecule has 3 aromatic rings. The largest absolute Gasteiger partial charge is 0.485 e. The second kappa shape index (κ2) is 8.18. The zero-order valence-electron chi connectivity index (χ0n) is 17.8. The van der Waals surface area contributed by atoms with Crippen LogP contribution < -0.4 is 4.74 Å². The van der Waals surface area contributed by atoms with E-state index in [1.807, 2.05) is 19.2 Å². The molecule has 0 saturated heterocycles. The SMILES string of the molecule is Cc1cc(-c2ccc(C3CCc4ccc([C@@H](CC(=O)O)C5CC5)cc4O3)cc2)ccn1. The molecule has 158 valence electrons. The topological polar surface area (TPSA) is 59.4 Å². The van der Waals surface area contributed by atoms with Gasteiger partial charge in [-0.05, 0) is 90.5 Å². The summed E-state index contributed by atoms with van der Waals surface area (Å²) in [7, 11) is 0. The Labute approximate surface area is 182 Å². The summed E-state index contributed by atoms with van der Waals surface area (Å²) in [5, 5.41) is 9.34. The van der Waals surface area contributed by atoms with Crippen molar-refractivity contribution in [1.82, 2.24) is 4.98 Å². The van der Waals surface area contributed by atoms with Crippen LogP contribution in [0.25, 0.3) is 11.1 Å². The molecule has 1 aliphatic carbocycles. The van der Waals surface area contributed by atoms with Crippen molar-refractivity contribution in [3.05, 3.63) is 83.2 Å². The number of aryl methyl sites for hydroxylation is 2. The number of carboxylic acid groups (broad SMARTS) is 1. The van der Waals surface area contributed by atoms with Gasteiger partial charge in [-0.3, -0.25) is 9.78 Å². The lowest BCUT2D eigenvalue weighted by atomic mass is 9.88. The van der Waals surface area contributed by atoms with Crippen molar-refractivity contribution in [3.8, 4) is 16.9 Å². The minimum Gasteiger partial charge on any atom is -0.485 e. The van der Waals surface area contributed by atoms with Gasteiger partial charge in [0.2, 0.25) is 0 Å². The molecule has 0 spiro atoms. The van der Waals surface area contributed by atoms with Gasteiger partial charge in [0, 0.05) is 11.9 Å². The molecule has 0 amide bonds. The highest BCUT2D eigenvalue weighted by molar-refractivity contribution is 5.68. The molecule has 2 aliphatic rings. The average Bonchev–Trinajstić information content (AvgIpc) is 3.62. The number of hydrogen-bond acceptors (Lipinski definition) is 3. The number of nitrogens with zero attached hydrogens (tertiary/aromatic N) is 1. The summed E-state index contributed by atoms with van der Waals surface area (Å²) >= 11 is 0. The molecule has 5 rings (SSSR count). The Morgan fingerprint density at radius 3 is 2.58 bits per heavy atom. The fraction of sp³-hybridized carbons (Fsp3) is 0.333. The van der Waals surface area contributed by atoms with Crippen LogP contribution in [0.3, 0.4) is 0 Å². The van der Waals surface area contributed by atoms with Gasteiger partial charge in [-0.15, -0.1) is 0 Å². The summed E-state index contributed by atoms with van der Waals surface area (Å²) in [6.45, 7) is 2.00. The fourth-order valence-electron chi connectivity index (χ4n) is 4.71. The summed E-state index contributed by atoms with van der Waals surface area (Å²) in [6.07, 6.45) is 6.23. The van der Waals surface area contributed by atoms with Crippen LogP contribution in [0.5, 0.6) is 5.75 Å². The predicted octanol–water partition coefficient (Wildman–Crippen LogP) is 6.09. The van der Waals surface area contributed by atoms with Gasteiger partial charge in [0.25, 0.3) is 0 Å². The lowest BCUT2D eigenvalue weighted by Gasteiger charge is -2.28. The van der Waals surface area contributed by atoms with E-state index in [0.717, 1.165) is 42.7 Å². The third-order valence-corrected chi connectivity index (χ3v) is 6.56. The van der Waals surface area contributed by atoms with Crippen LogP contribution in [0.1, 0.15) is 60.1 Å². The number of carboxylic acids is 1. The maximum atomic E-state index is 11.4. The van der Waals surface area contributed by atoms with E-state index in [0.29, 0.717) is 5.92 Å². The van der Waals surface area contributed by atoms with Crippen LogP contribution in [-0.4, -0.2) is 16.1 Å². The van der Waals surface area contributed by atoms with Gasteiger partial charge in [0.05, 0.1) is 6.42 Å². The quantitative estimate of drug-likeness (QED) is 0.531. The van der Waals surface area contributed by atoms with Crippen LogP contribution in [0, 0.1) is 12.8 Å². The van der Waals surface area contributed by atoms with Crippen LogP contribution >= 0.6 is 0 Å². The lowest BCUT2D eigenvalue weighted by molar-refractivity contribution is -0.137. The number of benzene rings is 2. The summed E-state index contributed by atoms with van der Waals surface area (Å²) in [4.78, 5) is 15.6. The van der Waals surface area contributed by atoms with E-state index in [9.17, 15) is 9.90 Å². The van der Waals surface area contributed by atoms with Crippen molar-refractivity contribution in [2.75, 3.05) is 0 Å². The molecule has 1 N–H and O–H groups in total. The third-order valence-electron chi connectivity index (χ3n) is 6.56. The summed E-state index contributed by atoms with van der Waals surface area (Å²) in [6, 6.07) is 19.1. The third kappa shape index (κ3) is 4.34. The summed E-state index contributed by atoms with van der Waals surface area (Å²) in [5.74, 6) is 0.782. The van der Waals surface area contributed by atoms with Crippen LogP contribution in [0.15, 0.2) is 60.8 Å². The minimum absolute atomic E-state index is 0.0230. The number of aliphatic carboxylic acids is 1. The molecule has 0 radical (unpaired) electrons. The molecule has 4 nitrogen and oxygen atoms in total. The molecule has 0 bridgehead atoms. The van der Waals surface area contributed by atoms with Gasteiger partial charge in [-0.1, -0.05) is 36.4 Å². The van der Waals surface area contributed by atoms with Crippen molar-refractivity contribution in [2.24, 2.45) is 5.92 Å². The van der Waals surface area contributed by atoms with Crippen LogP contribution in [0.2, 0.25) is 0 Å². The van der Waals surface area contributed by atoms with Gasteiger partial charge < -0.3 is 9.84 Å². The highest BCUT2D eigenvalue weighted by Crippen LogP contribution is 2.46. The zero-order chi connectivity index (χ0) is 21.4. The van der Waals surface area contributed by atoms with E-state index in [1.165, 1.54) is 22.3 Å². The number of pyridine rings is 1. The van der Waals surface area contributed by atoms with E-state index in [-0.39, 0.29) is 18.4 Å². The Bertz CT molecular complexity index is 1100. The predicted molar refractivity (Wildman–Crippen MR) is 120 cm³/mol. The second-order valence-corrected chi connectivity index (χ2v) is 8.86. The van der Waals surface area contributed by atoms with Gasteiger partial charge >= 0.3 is 5.97 Å². The minimum atomic E-state index is -0.724. The van der Waals surface area contributed by atoms with Gasteiger partial charge in [-0.2, -0.15) is 0 Å². The van der Waals surface area contributed by atoms with Crippen molar-refractivity contribution >= 4 is 5.97 Å². The van der Waals surface area contributed by atoms with Gasteiger partial charge in [0.15, 0.2) is 0 Å². The highest BCUT2D eigenvalue weighted by Gasteiger charge is 2.34. The van der Waals surface area contributed by atoms with Crippen LogP contribution in [-0.2, 0) is 11.2 Å². The molecule has 31 heavy (non-hydrogen) atoms. The number of carbonyl (C=O) groups is 1. The molecule has 2 aromatic carbocycles. The Morgan fingerprint density at radius 2 is 1.87 bits per heavy atom. The molecule has 1 fully saturated rings. The first-order valence-corrected chi connectivity index (χ1v) is 11.1. The van der Waals surface area contributed by atoms with E-state index in [1.54, 1.807) is 0 Å². The smallest absolute Gasteiger partial charge is 0.303 e. The number of aromatic nitrogens is 1. The van der Waals surface area contributed by atoms with Gasteiger partial charge in [0.1, 0.15) is 11.9 Å². The molecule has 2 atom stereocenters. The number of fused-ring (bicyclic) bond motifs is 1. The van der Waals surface area contributed by atoms with Crippen molar-refractivity contribution in [3.63, 3.8) is 0 Å². The Hall–Kier alpha value is -3.14. The molecular weight excluding hydrogens is 386 g/mol. The number of rotatable bonds is 6. The van der Waals surface area contributed by atoms with E-state index < -0.39 is 5.97 Å². The van der Waals surface area contributed by atoms with E-state index >= 15 is 0 Å². The fourth-order valence-corrected chi connectivity index (χ4v) is 4.71. The molecule has 1 aliphatic heterocycles. The molecule has 1 saturated carbocycles. The molecule has 1 unspecified atom stereocenters. The normalized spacial score (nSPS) is 18.7. The number of ether oxygens (including phenoxy) is 1. The lowest BCUT2D eigenvalue weighted by Crippen LogP contribution is -2.16. The molecule has 1 aromatic heterocycles. The first-order chi connectivity index (χ1) is 15.1. The van der Waals surface area contributed by atoms with Crippen LogP contribution in [0.4, 0.5) is 0 Å². The maximum Gasteiger partial charge on any atom is 0.303 e. The van der Waals surface area contributed by atoms with E-state index in [2.05, 4.69) is 53.5 Å². The standard InChI is InChI=1S/C27H27NO3/c1-17-14-22(12-13-28-17)18-2-6-20(7-3-18)25-11-10-21-8-9-23(15-26(21)31-25)24(16-27(29)30)19-4-5-19/h2-3,6-9,12-15,19,24-25H,4-5,10-11,16H2,1H3,(H,29,30)/t24-,25?/m0/s1. The van der Waals surface area contributed by atoms with Crippen molar-refractivity contribution in [1.29, 1.82) is 0 Å². The van der Waals surface area contributed by atoms with E-state index in [4.69, 9.17) is 4.74 Å². The molecule has 4 heteroatoms. The molecular formula is C27H27NO3. The first kappa shape index (κ1) is 19.8. The number of hydrogen-bond donors (Lipinski definition) is 1. The second-order valence-electron chi connectivity index (χ2n) is 8.86. The monoisotopic (exact) mass is 413 g/mol. The Morgan fingerprint density at radius 1 is 1.06 bits per heavy atom. The summed E-state index contributed by atoms with van der Waals surface area (Å²) in [5.41, 5.74) is 6.85. The Balaban J connectivity index is 1.35. The molecule has 2 heterocycles. The Kier molecular flexibility index (Phi) is 5.23. The highest BCUT2D eigenvalue weighted by atomic mass is 16.5. The maximum absolute atomic E-state index is 11.4. The summed E-state index contributed by atoms with van der Waals surface area (Å²) < 4.78 is 6.42. The average molecular weight is 414 g/mol.